The maximum atomic E-state index is 12.8. The number of thioether (sulfide) groups is 1. The van der Waals surface area contributed by atoms with Crippen LogP contribution in [-0.2, 0) is 18.0 Å². The zero-order valence-electron chi connectivity index (χ0n) is 10.5. The number of alkyl halides is 3. The number of rotatable bonds is 4. The molecule has 0 aliphatic carbocycles. The molecule has 1 rings (SSSR count). The Balaban J connectivity index is 3.08. The lowest BCUT2D eigenvalue weighted by molar-refractivity contribution is -0.143. The molecule has 0 spiro atoms. The molecule has 1 aromatic heterocycles. The zero-order chi connectivity index (χ0) is 15.7. The highest BCUT2D eigenvalue weighted by atomic mass is 35.5. The van der Waals surface area contributed by atoms with Gasteiger partial charge < -0.3 is 10.2 Å². The SMILES string of the molecule is CC(=O)SCC(O)C(O)c1c(C(F)(F)F)nn(C)c1Cl. The van der Waals surface area contributed by atoms with Crippen LogP contribution in [0.1, 0.15) is 24.3 Å². The van der Waals surface area contributed by atoms with Gasteiger partial charge in [-0.15, -0.1) is 0 Å². The molecule has 114 valence electrons. The molecular formula is C10H12ClF3N2O3S. The molecule has 0 aliphatic rings. The van der Waals surface area contributed by atoms with Crippen molar-refractivity contribution in [1.29, 1.82) is 0 Å². The molecule has 0 saturated carbocycles. The summed E-state index contributed by atoms with van der Waals surface area (Å²) >= 11 is 6.37. The van der Waals surface area contributed by atoms with E-state index in [0.29, 0.717) is 11.8 Å². The van der Waals surface area contributed by atoms with E-state index in [1.807, 2.05) is 0 Å². The largest absolute Gasteiger partial charge is 0.435 e. The molecule has 1 aromatic rings. The summed E-state index contributed by atoms with van der Waals surface area (Å²) in [5, 5.41) is 21.9. The van der Waals surface area contributed by atoms with Crippen molar-refractivity contribution in [2.24, 2.45) is 7.05 Å². The Hall–Kier alpha value is -0.770. The summed E-state index contributed by atoms with van der Waals surface area (Å²) in [7, 11) is 1.19. The summed E-state index contributed by atoms with van der Waals surface area (Å²) < 4.78 is 39.1. The van der Waals surface area contributed by atoms with E-state index in [1.54, 1.807) is 0 Å². The number of carbonyl (C=O) groups excluding carboxylic acids is 1. The monoisotopic (exact) mass is 332 g/mol. The molecule has 5 nitrogen and oxygen atoms in total. The summed E-state index contributed by atoms with van der Waals surface area (Å²) in [6.45, 7) is 1.24. The van der Waals surface area contributed by atoms with Crippen molar-refractivity contribution in [3.63, 3.8) is 0 Å². The van der Waals surface area contributed by atoms with Crippen molar-refractivity contribution in [2.75, 3.05) is 5.75 Å². The van der Waals surface area contributed by atoms with Crippen LogP contribution in [0.15, 0.2) is 0 Å². The lowest BCUT2D eigenvalue weighted by atomic mass is 10.1. The minimum Gasteiger partial charge on any atom is -0.389 e. The van der Waals surface area contributed by atoms with E-state index >= 15 is 0 Å². The molecule has 20 heavy (non-hydrogen) atoms. The number of nitrogens with zero attached hydrogens (tertiary/aromatic N) is 2. The third-order valence-electron chi connectivity index (χ3n) is 2.40. The van der Waals surface area contributed by atoms with E-state index in [0.717, 1.165) is 4.68 Å². The highest BCUT2D eigenvalue weighted by Gasteiger charge is 2.42. The van der Waals surface area contributed by atoms with Gasteiger partial charge in [0.1, 0.15) is 11.3 Å². The number of aliphatic hydroxyl groups is 2. The number of hydrogen-bond acceptors (Lipinski definition) is 5. The first-order chi connectivity index (χ1) is 9.05. The first-order valence-corrected chi connectivity index (χ1v) is 6.71. The first kappa shape index (κ1) is 17.3. The summed E-state index contributed by atoms with van der Waals surface area (Å²) in [5.41, 5.74) is -2.05. The van der Waals surface area contributed by atoms with Crippen molar-refractivity contribution < 1.29 is 28.2 Å². The van der Waals surface area contributed by atoms with Crippen LogP contribution in [0.4, 0.5) is 13.2 Å². The Bertz CT molecular complexity index is 507. The molecule has 1 heterocycles. The molecule has 0 bridgehead atoms. The van der Waals surface area contributed by atoms with Crippen molar-refractivity contribution >= 4 is 28.5 Å². The lowest BCUT2D eigenvalue weighted by Gasteiger charge is -2.18. The quantitative estimate of drug-likeness (QED) is 0.879. The summed E-state index contributed by atoms with van der Waals surface area (Å²) in [5.74, 6) is -0.251. The zero-order valence-corrected chi connectivity index (χ0v) is 12.1. The Labute approximate surface area is 121 Å². The Morgan fingerprint density at radius 2 is 2.05 bits per heavy atom. The second-order valence-electron chi connectivity index (χ2n) is 3.99. The maximum Gasteiger partial charge on any atom is 0.435 e. The van der Waals surface area contributed by atoms with Gasteiger partial charge in [-0.1, -0.05) is 23.4 Å². The minimum absolute atomic E-state index is 0.251. The Morgan fingerprint density at radius 1 is 1.50 bits per heavy atom. The van der Waals surface area contributed by atoms with Crippen molar-refractivity contribution in [3.8, 4) is 0 Å². The fourth-order valence-corrected chi connectivity index (χ4v) is 2.30. The lowest BCUT2D eigenvalue weighted by Crippen LogP contribution is -2.24. The molecule has 0 aliphatic heterocycles. The molecule has 2 N–H and O–H groups in total. The number of aromatic nitrogens is 2. The van der Waals surface area contributed by atoms with Gasteiger partial charge in [0, 0.05) is 19.7 Å². The summed E-state index contributed by atoms with van der Waals surface area (Å²) in [6.07, 6.45) is -8.28. The fraction of sp³-hybridized carbons (Fsp3) is 0.600. The molecular weight excluding hydrogens is 321 g/mol. The third kappa shape index (κ3) is 3.87. The van der Waals surface area contributed by atoms with Gasteiger partial charge in [0.05, 0.1) is 11.7 Å². The maximum absolute atomic E-state index is 12.8. The highest BCUT2D eigenvalue weighted by Crippen LogP contribution is 2.38. The molecule has 2 atom stereocenters. The van der Waals surface area contributed by atoms with Crippen molar-refractivity contribution in [3.05, 3.63) is 16.4 Å². The summed E-state index contributed by atoms with van der Waals surface area (Å²) in [6, 6.07) is 0. The predicted octanol–water partition coefficient (Wildman–Crippen LogP) is 1.77. The molecule has 10 heteroatoms. The molecule has 0 fully saturated rings. The van der Waals surface area contributed by atoms with Crippen LogP contribution in [-0.4, -0.2) is 37.0 Å². The molecule has 2 unspecified atom stereocenters. The third-order valence-corrected chi connectivity index (χ3v) is 3.76. The van der Waals surface area contributed by atoms with Crippen molar-refractivity contribution in [1.82, 2.24) is 9.78 Å². The van der Waals surface area contributed by atoms with Gasteiger partial charge >= 0.3 is 6.18 Å². The van der Waals surface area contributed by atoms with E-state index in [2.05, 4.69) is 5.10 Å². The smallest absolute Gasteiger partial charge is 0.389 e. The van der Waals surface area contributed by atoms with Crippen LogP contribution in [0.5, 0.6) is 0 Å². The van der Waals surface area contributed by atoms with Crippen LogP contribution in [0, 0.1) is 0 Å². The highest BCUT2D eigenvalue weighted by molar-refractivity contribution is 8.13. The number of halogens is 4. The Kier molecular flexibility index (Phi) is 5.47. The molecule has 0 radical (unpaired) electrons. The van der Waals surface area contributed by atoms with Gasteiger partial charge in [-0.25, -0.2) is 0 Å². The van der Waals surface area contributed by atoms with Gasteiger partial charge in [0.2, 0.25) is 0 Å². The topological polar surface area (TPSA) is 75.3 Å². The van der Waals surface area contributed by atoms with E-state index in [4.69, 9.17) is 11.6 Å². The standard InChI is InChI=1S/C10H12ClF3N2O3S/c1-4(17)20-3-5(18)7(19)6-8(10(12,13)14)15-16(2)9(6)11/h5,7,18-19H,3H2,1-2H3. The fourth-order valence-electron chi connectivity index (χ4n) is 1.48. The van der Waals surface area contributed by atoms with Gasteiger partial charge in [0.25, 0.3) is 0 Å². The van der Waals surface area contributed by atoms with Gasteiger partial charge in [-0.3, -0.25) is 9.48 Å². The van der Waals surface area contributed by atoms with Gasteiger partial charge in [-0.2, -0.15) is 18.3 Å². The minimum atomic E-state index is -4.81. The first-order valence-electron chi connectivity index (χ1n) is 5.34. The van der Waals surface area contributed by atoms with Gasteiger partial charge in [-0.05, 0) is 0 Å². The average Bonchev–Trinajstić information content (AvgIpc) is 2.62. The van der Waals surface area contributed by atoms with Crippen LogP contribution in [0.2, 0.25) is 5.15 Å². The number of aryl methyl sites for hydroxylation is 1. The van der Waals surface area contributed by atoms with Gasteiger partial charge in [0.15, 0.2) is 10.8 Å². The number of aliphatic hydroxyl groups excluding tert-OH is 2. The van der Waals surface area contributed by atoms with E-state index < -0.39 is 34.8 Å². The van der Waals surface area contributed by atoms with Crippen LogP contribution >= 0.6 is 23.4 Å². The Morgan fingerprint density at radius 3 is 2.50 bits per heavy atom. The summed E-state index contributed by atoms with van der Waals surface area (Å²) in [4.78, 5) is 10.8. The second kappa shape index (κ2) is 6.33. The van der Waals surface area contributed by atoms with E-state index in [9.17, 15) is 28.2 Å². The van der Waals surface area contributed by atoms with Crippen LogP contribution in [0.25, 0.3) is 0 Å². The van der Waals surface area contributed by atoms with Crippen molar-refractivity contribution in [2.45, 2.75) is 25.3 Å². The molecule has 0 saturated heterocycles. The van der Waals surface area contributed by atoms with E-state index in [1.165, 1.54) is 14.0 Å². The van der Waals surface area contributed by atoms with Crippen LogP contribution < -0.4 is 0 Å². The molecule has 0 amide bonds. The second-order valence-corrected chi connectivity index (χ2v) is 5.54. The average molecular weight is 333 g/mol. The van der Waals surface area contributed by atoms with E-state index in [-0.39, 0.29) is 10.9 Å². The number of carbonyl (C=O) groups is 1. The normalized spacial score (nSPS) is 15.2. The predicted molar refractivity (Wildman–Crippen MR) is 67.3 cm³/mol. The molecule has 0 aromatic carbocycles. The number of hydrogen-bond donors (Lipinski definition) is 2. The van der Waals surface area contributed by atoms with Crippen LogP contribution in [0.3, 0.4) is 0 Å².